The first-order valence-corrected chi connectivity index (χ1v) is 8.45. The number of ether oxygens (including phenoxy) is 1. The number of hydrogen-bond acceptors (Lipinski definition) is 8. The zero-order chi connectivity index (χ0) is 20.2. The minimum absolute atomic E-state index is 0.0447. The number of nitrogens with one attached hydrogen (secondary N) is 1. The van der Waals surface area contributed by atoms with Gasteiger partial charge in [-0.1, -0.05) is 30.3 Å². The maximum atomic E-state index is 12.4. The molecule has 0 aliphatic rings. The van der Waals surface area contributed by atoms with Crippen LogP contribution in [0.4, 0.5) is 5.69 Å². The lowest BCUT2D eigenvalue weighted by Gasteiger charge is -2.03. The summed E-state index contributed by atoms with van der Waals surface area (Å²) in [5.74, 6) is -0.330. The van der Waals surface area contributed by atoms with E-state index < -0.39 is 10.9 Å². The lowest BCUT2D eigenvalue weighted by Crippen LogP contribution is -2.06. The first-order chi connectivity index (χ1) is 14.1. The molecule has 0 radical (unpaired) electrons. The summed E-state index contributed by atoms with van der Waals surface area (Å²) in [7, 11) is 0. The van der Waals surface area contributed by atoms with Gasteiger partial charge in [0.05, 0.1) is 16.8 Å². The maximum Gasteiger partial charge on any atom is 0.342 e. The van der Waals surface area contributed by atoms with Crippen LogP contribution in [0.5, 0.6) is 0 Å². The summed E-state index contributed by atoms with van der Waals surface area (Å²) in [5, 5.41) is 25.1. The second-order valence-corrected chi connectivity index (χ2v) is 5.91. The fourth-order valence-corrected chi connectivity index (χ4v) is 2.63. The van der Waals surface area contributed by atoms with Gasteiger partial charge in [-0.15, -0.1) is 10.2 Å². The number of rotatable bonds is 6. The quantitative estimate of drug-likeness (QED) is 0.300. The average Bonchev–Trinajstić information content (AvgIpc) is 3.42. The Morgan fingerprint density at radius 1 is 1.07 bits per heavy atom. The molecule has 29 heavy (non-hydrogen) atoms. The zero-order valence-electron chi connectivity index (χ0n) is 14.8. The van der Waals surface area contributed by atoms with Crippen LogP contribution in [-0.2, 0) is 11.3 Å². The van der Waals surface area contributed by atoms with Gasteiger partial charge in [0.25, 0.3) is 11.6 Å². The number of nitrogens with zero attached hydrogens (tertiary/aromatic N) is 4. The minimum atomic E-state index is -0.590. The van der Waals surface area contributed by atoms with Crippen molar-refractivity contribution in [1.29, 1.82) is 0 Å². The van der Waals surface area contributed by atoms with Gasteiger partial charge < -0.3 is 9.15 Å². The monoisotopic (exact) mass is 391 g/mol. The van der Waals surface area contributed by atoms with Gasteiger partial charge in [-0.25, -0.2) is 4.79 Å². The highest BCUT2D eigenvalue weighted by atomic mass is 16.6. The fourth-order valence-electron chi connectivity index (χ4n) is 2.63. The molecule has 0 fully saturated rings. The van der Waals surface area contributed by atoms with Crippen LogP contribution in [0.25, 0.3) is 22.7 Å². The van der Waals surface area contributed by atoms with Crippen molar-refractivity contribution in [2.24, 2.45) is 0 Å². The number of non-ortho nitro benzene ring substituents is 1. The number of esters is 1. The number of benzene rings is 2. The van der Waals surface area contributed by atoms with Crippen molar-refractivity contribution in [1.82, 2.24) is 20.4 Å². The van der Waals surface area contributed by atoms with Crippen molar-refractivity contribution in [2.75, 3.05) is 0 Å². The second-order valence-electron chi connectivity index (χ2n) is 5.91. The molecule has 0 saturated heterocycles. The van der Waals surface area contributed by atoms with Crippen LogP contribution < -0.4 is 0 Å². The minimum Gasteiger partial charge on any atom is -0.452 e. The highest BCUT2D eigenvalue weighted by Crippen LogP contribution is 2.23. The molecule has 0 bridgehead atoms. The largest absolute Gasteiger partial charge is 0.452 e. The topological polar surface area (TPSA) is 137 Å². The van der Waals surface area contributed by atoms with E-state index in [9.17, 15) is 14.9 Å². The predicted molar refractivity (Wildman–Crippen MR) is 99.5 cm³/mol. The molecule has 4 rings (SSSR count). The summed E-state index contributed by atoms with van der Waals surface area (Å²) in [5.41, 5.74) is 2.10. The van der Waals surface area contributed by atoms with Crippen LogP contribution >= 0.6 is 0 Å². The van der Waals surface area contributed by atoms with Gasteiger partial charge in [-0.3, -0.25) is 15.2 Å². The van der Waals surface area contributed by atoms with Crippen molar-refractivity contribution in [3.63, 3.8) is 0 Å². The molecule has 10 heteroatoms. The van der Waals surface area contributed by atoms with Gasteiger partial charge in [0.15, 0.2) is 6.61 Å². The molecule has 10 nitrogen and oxygen atoms in total. The van der Waals surface area contributed by atoms with E-state index >= 15 is 0 Å². The van der Waals surface area contributed by atoms with Crippen LogP contribution in [0, 0.1) is 10.1 Å². The fraction of sp³-hybridized carbons (Fsp3) is 0.0526. The van der Waals surface area contributed by atoms with Crippen LogP contribution in [0.1, 0.15) is 16.2 Å². The van der Waals surface area contributed by atoms with Gasteiger partial charge in [0.1, 0.15) is 5.56 Å². The van der Waals surface area contributed by atoms with E-state index in [1.54, 1.807) is 0 Å². The summed E-state index contributed by atoms with van der Waals surface area (Å²) in [6.07, 6.45) is 1.39. The molecular formula is C19H13N5O5. The molecule has 2 heterocycles. The highest BCUT2D eigenvalue weighted by Gasteiger charge is 2.18. The molecule has 0 atom stereocenters. The van der Waals surface area contributed by atoms with Crippen molar-refractivity contribution < 1.29 is 18.9 Å². The van der Waals surface area contributed by atoms with Crippen molar-refractivity contribution in [3.8, 4) is 22.7 Å². The standard InChI is InChI=1S/C19H13N5O5/c25-19(15-10-20-22-17(15)12-4-2-1-3-5-12)28-11-16-21-23-18(29-16)13-6-8-14(9-7-13)24(26)27/h1-10H,11H2,(H,20,22). The third-order valence-corrected chi connectivity index (χ3v) is 4.04. The Hall–Kier alpha value is -4.34. The molecule has 144 valence electrons. The Morgan fingerprint density at radius 2 is 1.83 bits per heavy atom. The normalized spacial score (nSPS) is 10.6. The average molecular weight is 391 g/mol. The Labute approximate surface area is 163 Å². The SMILES string of the molecule is O=C(OCc1nnc(-c2ccc([N+](=O)[O-])cc2)o1)c1cn[nH]c1-c1ccccc1. The Balaban J connectivity index is 1.44. The van der Waals surface area contributed by atoms with E-state index in [4.69, 9.17) is 9.15 Å². The molecule has 0 amide bonds. The number of H-pyrrole nitrogens is 1. The highest BCUT2D eigenvalue weighted by molar-refractivity contribution is 5.95. The number of aromatic amines is 1. The first kappa shape index (κ1) is 18.0. The van der Waals surface area contributed by atoms with Gasteiger partial charge in [0.2, 0.25) is 5.89 Å². The number of hydrogen-bond donors (Lipinski definition) is 1. The first-order valence-electron chi connectivity index (χ1n) is 8.45. The molecule has 0 spiro atoms. The van der Waals surface area contributed by atoms with E-state index in [1.807, 2.05) is 30.3 Å². The second kappa shape index (κ2) is 7.72. The number of aromatic nitrogens is 4. The Bertz CT molecular complexity index is 1150. The lowest BCUT2D eigenvalue weighted by molar-refractivity contribution is -0.384. The summed E-state index contributed by atoms with van der Waals surface area (Å²) in [6.45, 7) is -0.224. The van der Waals surface area contributed by atoms with Crippen molar-refractivity contribution in [3.05, 3.63) is 82.4 Å². The van der Waals surface area contributed by atoms with Gasteiger partial charge in [-0.05, 0) is 12.1 Å². The van der Waals surface area contributed by atoms with E-state index in [2.05, 4.69) is 20.4 Å². The molecule has 0 aliphatic carbocycles. The van der Waals surface area contributed by atoms with Crippen LogP contribution in [0.2, 0.25) is 0 Å². The summed E-state index contributed by atoms with van der Waals surface area (Å²) < 4.78 is 10.7. The third kappa shape index (κ3) is 3.86. The summed E-state index contributed by atoms with van der Waals surface area (Å²) >= 11 is 0. The predicted octanol–water partition coefficient (Wildman–Crippen LogP) is 3.39. The van der Waals surface area contributed by atoms with E-state index in [1.165, 1.54) is 30.5 Å². The summed E-state index contributed by atoms with van der Waals surface area (Å²) in [4.78, 5) is 22.6. The maximum absolute atomic E-state index is 12.4. The van der Waals surface area contributed by atoms with Gasteiger partial charge in [0, 0.05) is 23.3 Å². The lowest BCUT2D eigenvalue weighted by atomic mass is 10.1. The van der Waals surface area contributed by atoms with Crippen molar-refractivity contribution >= 4 is 11.7 Å². The van der Waals surface area contributed by atoms with Crippen LogP contribution in [0.15, 0.2) is 65.2 Å². The van der Waals surface area contributed by atoms with Gasteiger partial charge >= 0.3 is 5.97 Å². The molecule has 0 unspecified atom stereocenters. The molecule has 4 aromatic rings. The van der Waals surface area contributed by atoms with E-state index in [-0.39, 0.29) is 29.6 Å². The van der Waals surface area contributed by atoms with Crippen LogP contribution in [-0.4, -0.2) is 31.3 Å². The molecule has 2 aromatic carbocycles. The molecule has 0 aliphatic heterocycles. The number of nitro groups is 1. The zero-order valence-corrected chi connectivity index (χ0v) is 14.8. The molecule has 2 aromatic heterocycles. The molecule has 1 N–H and O–H groups in total. The van der Waals surface area contributed by atoms with Crippen LogP contribution in [0.3, 0.4) is 0 Å². The smallest absolute Gasteiger partial charge is 0.342 e. The number of carbonyl (C=O) groups excluding carboxylic acids is 1. The van der Waals surface area contributed by atoms with E-state index in [0.29, 0.717) is 11.3 Å². The van der Waals surface area contributed by atoms with E-state index in [0.717, 1.165) is 5.56 Å². The summed E-state index contributed by atoms with van der Waals surface area (Å²) in [6, 6.07) is 14.9. The molecule has 0 saturated carbocycles. The van der Waals surface area contributed by atoms with Crippen molar-refractivity contribution in [2.45, 2.75) is 6.61 Å². The third-order valence-electron chi connectivity index (χ3n) is 4.04. The number of nitro benzene ring substituents is 1. The Kier molecular flexibility index (Phi) is 4.81. The number of carbonyl (C=O) groups is 1. The molecular weight excluding hydrogens is 378 g/mol. The Morgan fingerprint density at radius 3 is 2.55 bits per heavy atom. The van der Waals surface area contributed by atoms with Gasteiger partial charge in [-0.2, -0.15) is 5.10 Å².